The largest absolute Gasteiger partial charge is 0.379 e. The summed E-state index contributed by atoms with van der Waals surface area (Å²) in [5, 5.41) is 14.3. The lowest BCUT2D eigenvalue weighted by atomic mass is 10.0. The van der Waals surface area contributed by atoms with Crippen molar-refractivity contribution in [3.05, 3.63) is 69.8 Å². The molecule has 0 heterocycles. The van der Waals surface area contributed by atoms with Crippen LogP contribution in [0.3, 0.4) is 0 Å². The Hall–Kier alpha value is -2.69. The highest BCUT2D eigenvalue weighted by atomic mass is 16.6. The first-order chi connectivity index (χ1) is 10.6. The average molecular weight is 298 g/mol. The summed E-state index contributed by atoms with van der Waals surface area (Å²) in [6, 6.07) is 13.3. The van der Waals surface area contributed by atoms with Crippen molar-refractivity contribution >= 4 is 17.2 Å². The van der Waals surface area contributed by atoms with Gasteiger partial charge in [0.25, 0.3) is 5.69 Å². The second-order valence-electron chi connectivity index (χ2n) is 4.96. The Morgan fingerprint density at radius 3 is 2.50 bits per heavy atom. The van der Waals surface area contributed by atoms with Crippen LogP contribution in [-0.2, 0) is 0 Å². The van der Waals surface area contributed by atoms with E-state index >= 15 is 0 Å². The van der Waals surface area contributed by atoms with E-state index in [1.807, 2.05) is 6.07 Å². The summed E-state index contributed by atoms with van der Waals surface area (Å²) in [6.45, 7) is 2.72. The number of benzene rings is 2. The van der Waals surface area contributed by atoms with Gasteiger partial charge in [0.2, 0.25) is 0 Å². The highest BCUT2D eigenvalue weighted by Crippen LogP contribution is 2.26. The van der Waals surface area contributed by atoms with Crippen LogP contribution in [0.1, 0.15) is 35.7 Å². The molecule has 2 aromatic carbocycles. The average Bonchev–Trinajstić information content (AvgIpc) is 2.55. The minimum absolute atomic E-state index is 0.0714. The second-order valence-corrected chi connectivity index (χ2v) is 4.96. The van der Waals surface area contributed by atoms with Crippen LogP contribution in [0, 0.1) is 10.1 Å². The quantitative estimate of drug-likeness (QED) is 0.362. The van der Waals surface area contributed by atoms with E-state index in [1.54, 1.807) is 36.4 Å². The van der Waals surface area contributed by atoms with Crippen LogP contribution in [0.15, 0.2) is 48.5 Å². The van der Waals surface area contributed by atoms with Crippen LogP contribution in [0.4, 0.5) is 11.4 Å². The Kier molecular flexibility index (Phi) is 5.25. The summed E-state index contributed by atoms with van der Waals surface area (Å²) < 4.78 is 0. The number of hydrogen-bond acceptors (Lipinski definition) is 4. The van der Waals surface area contributed by atoms with Crippen LogP contribution < -0.4 is 5.32 Å². The van der Waals surface area contributed by atoms with Gasteiger partial charge < -0.3 is 5.32 Å². The van der Waals surface area contributed by atoms with Gasteiger partial charge in [0.15, 0.2) is 5.78 Å². The molecule has 2 rings (SSSR count). The maximum atomic E-state index is 12.3. The second kappa shape index (κ2) is 7.36. The van der Waals surface area contributed by atoms with Crippen molar-refractivity contribution in [1.29, 1.82) is 0 Å². The highest BCUT2D eigenvalue weighted by molar-refractivity contribution is 6.09. The molecule has 0 unspecified atom stereocenters. The van der Waals surface area contributed by atoms with Crippen LogP contribution in [0.2, 0.25) is 0 Å². The van der Waals surface area contributed by atoms with Gasteiger partial charge in [0.1, 0.15) is 5.69 Å². The zero-order chi connectivity index (χ0) is 15.9. The number of nitro groups is 1. The number of rotatable bonds is 7. The van der Waals surface area contributed by atoms with Crippen LogP contribution in [-0.4, -0.2) is 17.3 Å². The Balaban J connectivity index is 2.29. The molecular weight excluding hydrogens is 280 g/mol. The van der Waals surface area contributed by atoms with E-state index in [0.717, 1.165) is 12.8 Å². The van der Waals surface area contributed by atoms with Crippen molar-refractivity contribution in [2.24, 2.45) is 0 Å². The van der Waals surface area contributed by atoms with Crippen molar-refractivity contribution in [2.45, 2.75) is 19.8 Å². The number of nitro benzene ring substituents is 1. The summed E-state index contributed by atoms with van der Waals surface area (Å²) in [7, 11) is 0. The maximum absolute atomic E-state index is 12.3. The Bertz CT molecular complexity index is 669. The van der Waals surface area contributed by atoms with E-state index < -0.39 is 4.92 Å². The van der Waals surface area contributed by atoms with E-state index in [0.29, 0.717) is 23.4 Å². The van der Waals surface area contributed by atoms with E-state index in [1.165, 1.54) is 6.07 Å². The molecule has 5 nitrogen and oxygen atoms in total. The van der Waals surface area contributed by atoms with Gasteiger partial charge in [-0.2, -0.15) is 0 Å². The first-order valence-electron chi connectivity index (χ1n) is 7.25. The molecule has 0 aliphatic carbocycles. The Labute approximate surface area is 129 Å². The molecule has 0 atom stereocenters. The molecule has 0 aromatic heterocycles. The highest BCUT2D eigenvalue weighted by Gasteiger charge is 2.18. The lowest BCUT2D eigenvalue weighted by Crippen LogP contribution is -2.06. The molecule has 0 saturated heterocycles. The van der Waals surface area contributed by atoms with Crippen molar-refractivity contribution in [3.63, 3.8) is 0 Å². The number of unbranched alkanes of at least 4 members (excludes halogenated alkanes) is 1. The Morgan fingerprint density at radius 2 is 1.86 bits per heavy atom. The van der Waals surface area contributed by atoms with Crippen LogP contribution in [0.25, 0.3) is 0 Å². The molecule has 0 bridgehead atoms. The predicted octanol–water partition coefficient (Wildman–Crippen LogP) is 4.04. The number of nitrogens with one attached hydrogen (secondary N) is 1. The molecule has 5 heteroatoms. The smallest absolute Gasteiger partial charge is 0.293 e. The number of nitrogens with zero attached hydrogens (tertiary/aromatic N) is 1. The third-order valence-corrected chi connectivity index (χ3v) is 3.34. The van der Waals surface area contributed by atoms with Gasteiger partial charge in [-0.05, 0) is 18.6 Å². The molecular formula is C17H18N2O3. The zero-order valence-corrected chi connectivity index (χ0v) is 12.4. The minimum atomic E-state index is -0.462. The fourth-order valence-electron chi connectivity index (χ4n) is 2.13. The SMILES string of the molecule is CCCCNc1ccc(C(=O)c2ccccc2)cc1[N+](=O)[O-]. The molecule has 2 aromatic rings. The lowest BCUT2D eigenvalue weighted by molar-refractivity contribution is -0.384. The van der Waals surface area contributed by atoms with Crippen molar-refractivity contribution < 1.29 is 9.72 Å². The van der Waals surface area contributed by atoms with Gasteiger partial charge in [-0.1, -0.05) is 43.7 Å². The third kappa shape index (κ3) is 3.69. The molecule has 0 saturated carbocycles. The van der Waals surface area contributed by atoms with Gasteiger partial charge in [-0.15, -0.1) is 0 Å². The van der Waals surface area contributed by atoms with Gasteiger partial charge >= 0.3 is 0 Å². The van der Waals surface area contributed by atoms with Crippen LogP contribution in [0.5, 0.6) is 0 Å². The topological polar surface area (TPSA) is 72.2 Å². The summed E-state index contributed by atoms with van der Waals surface area (Å²) in [4.78, 5) is 23.1. The van der Waals surface area contributed by atoms with Gasteiger partial charge in [-0.25, -0.2) is 0 Å². The monoisotopic (exact) mass is 298 g/mol. The zero-order valence-electron chi connectivity index (χ0n) is 12.4. The van der Waals surface area contributed by atoms with Gasteiger partial charge in [-0.3, -0.25) is 14.9 Å². The number of carbonyl (C=O) groups is 1. The van der Waals surface area contributed by atoms with E-state index in [9.17, 15) is 14.9 Å². The van der Waals surface area contributed by atoms with E-state index in [2.05, 4.69) is 12.2 Å². The predicted molar refractivity (Wildman–Crippen MR) is 86.4 cm³/mol. The molecule has 0 fully saturated rings. The summed E-state index contributed by atoms with van der Waals surface area (Å²) in [6.07, 6.45) is 1.94. The van der Waals surface area contributed by atoms with Crippen molar-refractivity contribution in [1.82, 2.24) is 0 Å². The molecule has 0 radical (unpaired) electrons. The molecule has 0 aliphatic rings. The fourth-order valence-corrected chi connectivity index (χ4v) is 2.13. The summed E-state index contributed by atoms with van der Waals surface area (Å²) >= 11 is 0. The van der Waals surface area contributed by atoms with E-state index in [-0.39, 0.29) is 11.5 Å². The molecule has 114 valence electrons. The van der Waals surface area contributed by atoms with Gasteiger partial charge in [0, 0.05) is 23.7 Å². The summed E-state index contributed by atoms with van der Waals surface area (Å²) in [5.41, 5.74) is 1.21. The summed E-state index contributed by atoms with van der Waals surface area (Å²) in [5.74, 6) is -0.219. The normalized spacial score (nSPS) is 10.2. The first kappa shape index (κ1) is 15.7. The van der Waals surface area contributed by atoms with Crippen molar-refractivity contribution in [2.75, 3.05) is 11.9 Å². The molecule has 1 N–H and O–H groups in total. The number of carbonyl (C=O) groups excluding carboxylic acids is 1. The van der Waals surface area contributed by atoms with Crippen LogP contribution >= 0.6 is 0 Å². The van der Waals surface area contributed by atoms with E-state index in [4.69, 9.17) is 0 Å². The number of anilines is 1. The molecule has 0 spiro atoms. The minimum Gasteiger partial charge on any atom is -0.379 e. The number of hydrogen-bond donors (Lipinski definition) is 1. The lowest BCUT2D eigenvalue weighted by Gasteiger charge is -2.08. The first-order valence-corrected chi connectivity index (χ1v) is 7.25. The molecule has 0 amide bonds. The standard InChI is InChI=1S/C17H18N2O3/c1-2-3-11-18-15-10-9-14(12-16(15)19(21)22)17(20)13-7-5-4-6-8-13/h4-10,12,18H,2-3,11H2,1H3. The Morgan fingerprint density at radius 1 is 1.14 bits per heavy atom. The number of ketones is 1. The maximum Gasteiger partial charge on any atom is 0.293 e. The fraction of sp³-hybridized carbons (Fsp3) is 0.235. The molecule has 0 aliphatic heterocycles. The molecule has 22 heavy (non-hydrogen) atoms. The van der Waals surface area contributed by atoms with Crippen molar-refractivity contribution in [3.8, 4) is 0 Å². The van der Waals surface area contributed by atoms with Gasteiger partial charge in [0.05, 0.1) is 4.92 Å². The third-order valence-electron chi connectivity index (χ3n) is 3.34.